The van der Waals surface area contributed by atoms with Crippen molar-refractivity contribution in [2.45, 2.75) is 38.6 Å². The van der Waals surface area contributed by atoms with Gasteiger partial charge in [-0.15, -0.1) is 0 Å². The summed E-state index contributed by atoms with van der Waals surface area (Å²) in [5, 5.41) is 0. The number of aryl methyl sites for hydroxylation is 1. The molecule has 3 N–H and O–H groups in total. The van der Waals surface area contributed by atoms with Gasteiger partial charge in [0.2, 0.25) is 0 Å². The lowest BCUT2D eigenvalue weighted by atomic mass is 9.89. The first-order chi connectivity index (χ1) is 7.83. The van der Waals surface area contributed by atoms with Gasteiger partial charge in [-0.25, -0.2) is 5.43 Å². The van der Waals surface area contributed by atoms with Crippen LogP contribution in [0.5, 0.6) is 0 Å². The molecule has 16 heavy (non-hydrogen) atoms. The van der Waals surface area contributed by atoms with E-state index in [2.05, 4.69) is 23.4 Å². The minimum absolute atomic E-state index is 0.133. The summed E-state index contributed by atoms with van der Waals surface area (Å²) < 4.78 is 0. The zero-order valence-electron chi connectivity index (χ0n) is 9.74. The van der Waals surface area contributed by atoms with Gasteiger partial charge in [0.25, 0.3) is 0 Å². The number of hydrogen-bond donors (Lipinski definition) is 2. The van der Waals surface area contributed by atoms with E-state index in [1.807, 2.05) is 18.5 Å². The summed E-state index contributed by atoms with van der Waals surface area (Å²) in [7, 11) is 0. The minimum atomic E-state index is 0.133. The van der Waals surface area contributed by atoms with Crippen LogP contribution < -0.4 is 11.3 Å². The van der Waals surface area contributed by atoms with Gasteiger partial charge < -0.3 is 0 Å². The van der Waals surface area contributed by atoms with Gasteiger partial charge >= 0.3 is 0 Å². The van der Waals surface area contributed by atoms with Crippen molar-refractivity contribution in [1.29, 1.82) is 0 Å². The third kappa shape index (κ3) is 2.31. The molecule has 3 nitrogen and oxygen atoms in total. The number of aromatic nitrogens is 1. The van der Waals surface area contributed by atoms with E-state index in [4.69, 9.17) is 5.84 Å². The maximum Gasteiger partial charge on any atom is 0.0687 e. The fraction of sp³-hybridized carbons (Fsp3) is 0.462. The summed E-state index contributed by atoms with van der Waals surface area (Å²) in [6.07, 6.45) is 10.9. The van der Waals surface area contributed by atoms with Crippen molar-refractivity contribution in [2.75, 3.05) is 0 Å². The zero-order valence-corrected chi connectivity index (χ0v) is 9.74. The Bertz CT molecular complexity index is 385. The van der Waals surface area contributed by atoms with Crippen molar-refractivity contribution >= 4 is 0 Å². The molecule has 2 rings (SSSR count). The average Bonchev–Trinajstić information content (AvgIpc) is 2.34. The molecular formula is C13H19N3. The van der Waals surface area contributed by atoms with Gasteiger partial charge in [0.15, 0.2) is 0 Å². The van der Waals surface area contributed by atoms with Crippen LogP contribution in [0.25, 0.3) is 0 Å². The molecule has 1 atom stereocenters. The van der Waals surface area contributed by atoms with E-state index in [-0.39, 0.29) is 6.04 Å². The Hall–Kier alpha value is -1.19. The van der Waals surface area contributed by atoms with E-state index in [9.17, 15) is 0 Å². The monoisotopic (exact) mass is 217 g/mol. The number of hydrazine groups is 1. The number of nitrogens with two attached hydrogens (primary N) is 1. The summed E-state index contributed by atoms with van der Waals surface area (Å²) in [6, 6.07) is 2.16. The van der Waals surface area contributed by atoms with Crippen LogP contribution in [0.3, 0.4) is 0 Å². The molecule has 0 radical (unpaired) electrons. The second kappa shape index (κ2) is 5.23. The number of pyridine rings is 1. The van der Waals surface area contributed by atoms with Crippen LogP contribution in [-0.2, 0) is 0 Å². The largest absolute Gasteiger partial charge is 0.271 e. The lowest BCUT2D eigenvalue weighted by Crippen LogP contribution is -2.30. The molecule has 0 aliphatic heterocycles. The average molecular weight is 217 g/mol. The van der Waals surface area contributed by atoms with E-state index in [1.165, 1.54) is 36.0 Å². The lowest BCUT2D eigenvalue weighted by Gasteiger charge is -2.23. The highest BCUT2D eigenvalue weighted by Gasteiger charge is 2.18. The predicted molar refractivity (Wildman–Crippen MR) is 65.6 cm³/mol. The fourth-order valence-corrected chi connectivity index (χ4v) is 2.30. The summed E-state index contributed by atoms with van der Waals surface area (Å²) >= 11 is 0. The standard InChI is InChI=1S/C13H19N3/c1-10-7-8-15-9-12(10)13(16-14)11-5-3-2-4-6-11/h5,7-9,13,16H,2-4,6,14H2,1H3. The molecule has 1 aromatic rings. The Kier molecular flexibility index (Phi) is 3.70. The molecule has 0 spiro atoms. The van der Waals surface area contributed by atoms with E-state index < -0.39 is 0 Å². The lowest BCUT2D eigenvalue weighted by molar-refractivity contribution is 0.562. The Balaban J connectivity index is 2.28. The molecule has 0 aromatic carbocycles. The van der Waals surface area contributed by atoms with Crippen molar-refractivity contribution in [3.8, 4) is 0 Å². The molecule has 0 amide bonds. The highest BCUT2D eigenvalue weighted by molar-refractivity contribution is 5.32. The third-order valence-corrected chi connectivity index (χ3v) is 3.25. The molecule has 0 fully saturated rings. The van der Waals surface area contributed by atoms with Crippen molar-refractivity contribution < 1.29 is 0 Å². The van der Waals surface area contributed by atoms with Crippen LogP contribution in [0.4, 0.5) is 0 Å². The van der Waals surface area contributed by atoms with E-state index >= 15 is 0 Å². The summed E-state index contributed by atoms with van der Waals surface area (Å²) in [6.45, 7) is 2.10. The number of nitrogens with one attached hydrogen (secondary N) is 1. The van der Waals surface area contributed by atoms with Crippen molar-refractivity contribution in [1.82, 2.24) is 10.4 Å². The van der Waals surface area contributed by atoms with Gasteiger partial charge in [-0.1, -0.05) is 11.6 Å². The van der Waals surface area contributed by atoms with E-state index in [0.29, 0.717) is 0 Å². The second-order valence-electron chi connectivity index (χ2n) is 4.36. The number of rotatable bonds is 3. The van der Waals surface area contributed by atoms with Gasteiger partial charge in [-0.3, -0.25) is 10.8 Å². The minimum Gasteiger partial charge on any atom is -0.271 e. The highest BCUT2D eigenvalue weighted by Crippen LogP contribution is 2.30. The highest BCUT2D eigenvalue weighted by atomic mass is 15.2. The van der Waals surface area contributed by atoms with Crippen LogP contribution in [0, 0.1) is 6.92 Å². The zero-order chi connectivity index (χ0) is 11.4. The predicted octanol–water partition coefficient (Wildman–Crippen LogP) is 2.39. The second-order valence-corrected chi connectivity index (χ2v) is 4.36. The molecule has 0 bridgehead atoms. The van der Waals surface area contributed by atoms with E-state index in [0.717, 1.165) is 6.42 Å². The van der Waals surface area contributed by atoms with Crippen LogP contribution in [-0.4, -0.2) is 4.98 Å². The van der Waals surface area contributed by atoms with Gasteiger partial charge in [0.1, 0.15) is 0 Å². The van der Waals surface area contributed by atoms with Crippen molar-refractivity contribution in [3.05, 3.63) is 41.2 Å². The molecule has 1 heterocycles. The number of allylic oxidation sites excluding steroid dienone is 1. The van der Waals surface area contributed by atoms with Crippen molar-refractivity contribution in [2.24, 2.45) is 5.84 Å². The molecule has 3 heteroatoms. The Morgan fingerprint density at radius 1 is 1.44 bits per heavy atom. The Labute approximate surface area is 96.7 Å². The normalized spacial score (nSPS) is 18.0. The van der Waals surface area contributed by atoms with Crippen molar-refractivity contribution in [3.63, 3.8) is 0 Å². The molecule has 1 aliphatic carbocycles. The molecular weight excluding hydrogens is 198 g/mol. The maximum atomic E-state index is 5.69. The summed E-state index contributed by atoms with van der Waals surface area (Å²) in [5.74, 6) is 5.69. The first-order valence-corrected chi connectivity index (χ1v) is 5.88. The third-order valence-electron chi connectivity index (χ3n) is 3.25. The molecule has 1 unspecified atom stereocenters. The molecule has 1 aromatic heterocycles. The fourth-order valence-electron chi connectivity index (χ4n) is 2.30. The van der Waals surface area contributed by atoms with Gasteiger partial charge in [0, 0.05) is 12.4 Å². The Morgan fingerprint density at radius 3 is 2.94 bits per heavy atom. The number of nitrogens with zero attached hydrogens (tertiary/aromatic N) is 1. The van der Waals surface area contributed by atoms with Gasteiger partial charge in [-0.05, 0) is 49.8 Å². The molecule has 1 aliphatic rings. The first-order valence-electron chi connectivity index (χ1n) is 5.88. The summed E-state index contributed by atoms with van der Waals surface area (Å²) in [4.78, 5) is 4.19. The molecule has 86 valence electrons. The van der Waals surface area contributed by atoms with Crippen LogP contribution >= 0.6 is 0 Å². The Morgan fingerprint density at radius 2 is 2.31 bits per heavy atom. The SMILES string of the molecule is Cc1ccncc1C(NN)C1=CCCCC1. The quantitative estimate of drug-likeness (QED) is 0.464. The van der Waals surface area contributed by atoms with E-state index in [1.54, 1.807) is 0 Å². The number of hydrogen-bond acceptors (Lipinski definition) is 3. The topological polar surface area (TPSA) is 50.9 Å². The van der Waals surface area contributed by atoms with Gasteiger partial charge in [0.05, 0.1) is 6.04 Å². The molecule has 0 saturated carbocycles. The first kappa shape index (κ1) is 11.3. The van der Waals surface area contributed by atoms with Gasteiger partial charge in [-0.2, -0.15) is 0 Å². The van der Waals surface area contributed by atoms with Crippen LogP contribution in [0.15, 0.2) is 30.1 Å². The summed E-state index contributed by atoms with van der Waals surface area (Å²) in [5.41, 5.74) is 6.76. The van der Waals surface area contributed by atoms with Crippen LogP contribution in [0.2, 0.25) is 0 Å². The maximum absolute atomic E-state index is 5.69. The molecule has 0 saturated heterocycles. The smallest absolute Gasteiger partial charge is 0.0687 e. The van der Waals surface area contributed by atoms with Crippen LogP contribution in [0.1, 0.15) is 42.9 Å².